The molecule has 1 atom stereocenters. The Balaban J connectivity index is 2.72. The normalized spacial score (nSPS) is 12.9. The van der Waals surface area contributed by atoms with E-state index in [1.807, 2.05) is 4.72 Å². The van der Waals surface area contributed by atoms with Crippen molar-refractivity contribution >= 4 is 21.9 Å². The number of hydrogen-bond donors (Lipinski definition) is 3. The highest BCUT2D eigenvalue weighted by atomic mass is 32.2. The number of sulfonamides is 1. The van der Waals surface area contributed by atoms with Crippen molar-refractivity contribution in [3.63, 3.8) is 0 Å². The lowest BCUT2D eigenvalue weighted by Gasteiger charge is -2.06. The van der Waals surface area contributed by atoms with E-state index in [4.69, 9.17) is 9.52 Å². The van der Waals surface area contributed by atoms with Gasteiger partial charge >= 0.3 is 5.97 Å². The van der Waals surface area contributed by atoms with Gasteiger partial charge < -0.3 is 14.8 Å². The minimum Gasteiger partial charge on any atom is -0.481 e. The Labute approximate surface area is 109 Å². The molecule has 1 heterocycles. The Kier molecular flexibility index (Phi) is 4.67. The Hall–Kier alpha value is -1.87. The maximum atomic E-state index is 11.6. The van der Waals surface area contributed by atoms with Crippen LogP contribution in [-0.2, 0) is 14.8 Å². The Bertz CT molecular complexity index is 577. The van der Waals surface area contributed by atoms with Gasteiger partial charge in [-0.15, -0.1) is 0 Å². The standard InChI is InChI=1S/C10H14N2O6S/c1-6(10(14)15)5-12-9(13)7-3-4-8(18-7)19(16,17)11-2/h3-4,6,11H,5H2,1-2H3,(H,12,13)(H,14,15). The van der Waals surface area contributed by atoms with Crippen molar-refractivity contribution in [3.05, 3.63) is 17.9 Å². The van der Waals surface area contributed by atoms with Gasteiger partial charge in [-0.2, -0.15) is 0 Å². The van der Waals surface area contributed by atoms with Crippen LogP contribution in [0.1, 0.15) is 17.5 Å². The molecule has 0 spiro atoms. The third-order valence-electron chi connectivity index (χ3n) is 2.33. The molecule has 3 N–H and O–H groups in total. The topological polar surface area (TPSA) is 126 Å². The molecule has 0 radical (unpaired) electrons. The number of rotatable bonds is 6. The van der Waals surface area contributed by atoms with Gasteiger partial charge in [-0.25, -0.2) is 13.1 Å². The van der Waals surface area contributed by atoms with Crippen molar-refractivity contribution in [3.8, 4) is 0 Å². The van der Waals surface area contributed by atoms with Gasteiger partial charge in [0.25, 0.3) is 15.9 Å². The smallest absolute Gasteiger partial charge is 0.308 e. The molecule has 0 aliphatic heterocycles. The number of carboxylic acid groups (broad SMARTS) is 1. The predicted molar refractivity (Wildman–Crippen MR) is 64.1 cm³/mol. The molecule has 1 aromatic heterocycles. The Morgan fingerprint density at radius 3 is 2.58 bits per heavy atom. The molecule has 0 bridgehead atoms. The lowest BCUT2D eigenvalue weighted by Crippen LogP contribution is -2.31. The van der Waals surface area contributed by atoms with Crippen molar-refractivity contribution in [1.29, 1.82) is 0 Å². The summed E-state index contributed by atoms with van der Waals surface area (Å²) in [5.74, 6) is -2.67. The van der Waals surface area contributed by atoms with E-state index in [0.717, 1.165) is 6.07 Å². The largest absolute Gasteiger partial charge is 0.481 e. The molecule has 9 heteroatoms. The fourth-order valence-electron chi connectivity index (χ4n) is 1.11. The van der Waals surface area contributed by atoms with Gasteiger partial charge in [0.15, 0.2) is 5.76 Å². The molecule has 1 aromatic rings. The third kappa shape index (κ3) is 3.80. The van der Waals surface area contributed by atoms with Crippen LogP contribution in [0.3, 0.4) is 0 Å². The van der Waals surface area contributed by atoms with E-state index < -0.39 is 27.8 Å². The zero-order valence-electron chi connectivity index (χ0n) is 10.3. The maximum absolute atomic E-state index is 11.6. The molecular formula is C10H14N2O6S. The Morgan fingerprint density at radius 1 is 1.42 bits per heavy atom. The van der Waals surface area contributed by atoms with Crippen LogP contribution in [0.15, 0.2) is 21.6 Å². The number of amides is 1. The second kappa shape index (κ2) is 5.85. The highest BCUT2D eigenvalue weighted by molar-refractivity contribution is 7.89. The SMILES string of the molecule is CNS(=O)(=O)c1ccc(C(=O)NCC(C)C(=O)O)o1. The molecule has 1 unspecified atom stereocenters. The van der Waals surface area contributed by atoms with Gasteiger partial charge in [0.1, 0.15) is 0 Å². The molecule has 1 amide bonds. The number of carbonyl (C=O) groups is 2. The number of carbonyl (C=O) groups excluding carboxylic acids is 1. The van der Waals surface area contributed by atoms with Gasteiger partial charge in [0, 0.05) is 6.54 Å². The summed E-state index contributed by atoms with van der Waals surface area (Å²) >= 11 is 0. The molecule has 8 nitrogen and oxygen atoms in total. The molecule has 19 heavy (non-hydrogen) atoms. The first-order valence-electron chi connectivity index (χ1n) is 5.32. The fourth-order valence-corrected chi connectivity index (χ4v) is 1.76. The van der Waals surface area contributed by atoms with E-state index in [0.29, 0.717) is 0 Å². The molecular weight excluding hydrogens is 276 g/mol. The highest BCUT2D eigenvalue weighted by Crippen LogP contribution is 2.13. The van der Waals surface area contributed by atoms with Crippen molar-refractivity contribution < 1.29 is 27.5 Å². The molecule has 106 valence electrons. The number of furan rings is 1. The number of aliphatic carboxylic acids is 1. The number of carboxylic acids is 1. The predicted octanol–water partition coefficient (Wildman–Crippen LogP) is -0.362. The van der Waals surface area contributed by atoms with Gasteiger partial charge in [-0.1, -0.05) is 6.92 Å². The van der Waals surface area contributed by atoms with Crippen LogP contribution in [0.2, 0.25) is 0 Å². The molecule has 0 aliphatic rings. The van der Waals surface area contributed by atoms with E-state index >= 15 is 0 Å². The minimum atomic E-state index is -3.75. The summed E-state index contributed by atoms with van der Waals surface area (Å²) in [7, 11) is -2.53. The van der Waals surface area contributed by atoms with E-state index in [1.54, 1.807) is 0 Å². The van der Waals surface area contributed by atoms with Crippen molar-refractivity contribution in [2.75, 3.05) is 13.6 Å². The molecule has 0 saturated heterocycles. The summed E-state index contributed by atoms with van der Waals surface area (Å²) in [6.07, 6.45) is 0. The van der Waals surface area contributed by atoms with Gasteiger partial charge in [0.2, 0.25) is 5.09 Å². The zero-order chi connectivity index (χ0) is 14.6. The second-order valence-corrected chi connectivity index (χ2v) is 5.59. The molecule has 0 aliphatic carbocycles. The zero-order valence-corrected chi connectivity index (χ0v) is 11.2. The summed E-state index contributed by atoms with van der Waals surface area (Å²) in [5.41, 5.74) is 0. The summed E-state index contributed by atoms with van der Waals surface area (Å²) < 4.78 is 29.7. The van der Waals surface area contributed by atoms with Crippen molar-refractivity contribution in [2.45, 2.75) is 12.0 Å². The molecule has 0 saturated carbocycles. The first kappa shape index (κ1) is 15.2. The van der Waals surface area contributed by atoms with Crippen LogP contribution in [0.25, 0.3) is 0 Å². The lowest BCUT2D eigenvalue weighted by atomic mass is 10.2. The van der Waals surface area contributed by atoms with Crippen LogP contribution < -0.4 is 10.0 Å². The maximum Gasteiger partial charge on any atom is 0.308 e. The van der Waals surface area contributed by atoms with E-state index in [1.165, 1.54) is 20.0 Å². The van der Waals surface area contributed by atoms with Crippen molar-refractivity contribution in [1.82, 2.24) is 10.0 Å². The van der Waals surface area contributed by atoms with Crippen LogP contribution in [0.4, 0.5) is 0 Å². The average Bonchev–Trinajstić information content (AvgIpc) is 2.85. The van der Waals surface area contributed by atoms with E-state index in [-0.39, 0.29) is 17.4 Å². The summed E-state index contributed by atoms with van der Waals surface area (Å²) in [6.45, 7) is 1.35. The quantitative estimate of drug-likeness (QED) is 0.656. The number of hydrogen-bond acceptors (Lipinski definition) is 5. The molecule has 0 fully saturated rings. The summed E-state index contributed by atoms with van der Waals surface area (Å²) in [6, 6.07) is 2.34. The average molecular weight is 290 g/mol. The monoisotopic (exact) mass is 290 g/mol. The molecule has 1 rings (SSSR count). The van der Waals surface area contributed by atoms with Gasteiger partial charge in [-0.3, -0.25) is 9.59 Å². The molecule has 0 aromatic carbocycles. The van der Waals surface area contributed by atoms with Crippen LogP contribution in [0.5, 0.6) is 0 Å². The minimum absolute atomic E-state index is 0.0804. The Morgan fingerprint density at radius 2 is 2.05 bits per heavy atom. The fraction of sp³-hybridized carbons (Fsp3) is 0.400. The number of nitrogens with one attached hydrogen (secondary N) is 2. The van der Waals surface area contributed by atoms with E-state index in [9.17, 15) is 18.0 Å². The van der Waals surface area contributed by atoms with Crippen LogP contribution in [0, 0.1) is 5.92 Å². The van der Waals surface area contributed by atoms with Gasteiger partial charge in [0.05, 0.1) is 5.92 Å². The first-order valence-corrected chi connectivity index (χ1v) is 6.80. The van der Waals surface area contributed by atoms with Crippen LogP contribution >= 0.6 is 0 Å². The first-order chi connectivity index (χ1) is 8.77. The summed E-state index contributed by atoms with van der Waals surface area (Å²) in [4.78, 5) is 22.1. The van der Waals surface area contributed by atoms with Crippen molar-refractivity contribution in [2.24, 2.45) is 5.92 Å². The summed E-state index contributed by atoms with van der Waals surface area (Å²) in [5, 5.41) is 10.6. The van der Waals surface area contributed by atoms with Gasteiger partial charge in [-0.05, 0) is 19.2 Å². The van der Waals surface area contributed by atoms with E-state index in [2.05, 4.69) is 5.32 Å². The second-order valence-electron chi connectivity index (χ2n) is 3.78. The lowest BCUT2D eigenvalue weighted by molar-refractivity contribution is -0.140. The highest BCUT2D eigenvalue weighted by Gasteiger charge is 2.20. The third-order valence-corrected chi connectivity index (χ3v) is 3.62. The van der Waals surface area contributed by atoms with Crippen LogP contribution in [-0.4, -0.2) is 39.0 Å².